The summed E-state index contributed by atoms with van der Waals surface area (Å²) in [6, 6.07) is 6.01. The number of ether oxygens (including phenoxy) is 3. The second-order valence-electron chi connectivity index (χ2n) is 5.48. The molecule has 2 fully saturated rings. The molecule has 3 rings (SSSR count). The Balaban J connectivity index is 1.80. The van der Waals surface area contributed by atoms with Crippen molar-refractivity contribution in [2.45, 2.75) is 37.3 Å². The molecule has 0 aromatic heterocycles. The molecule has 19 heavy (non-hydrogen) atoms. The molecule has 4 heteroatoms. The van der Waals surface area contributed by atoms with E-state index >= 15 is 0 Å². The molecule has 1 saturated carbocycles. The maximum atomic E-state index is 6.24. The Labute approximate surface area is 113 Å². The monoisotopic (exact) mass is 263 g/mol. The molecule has 1 aromatic carbocycles. The third-order valence-corrected chi connectivity index (χ3v) is 3.94. The summed E-state index contributed by atoms with van der Waals surface area (Å²) in [5.74, 6) is 1.55. The quantitative estimate of drug-likeness (QED) is 0.904. The third-order valence-electron chi connectivity index (χ3n) is 3.94. The Morgan fingerprint density at radius 1 is 1.32 bits per heavy atom. The van der Waals surface area contributed by atoms with Crippen molar-refractivity contribution in [1.82, 2.24) is 0 Å². The highest BCUT2D eigenvalue weighted by molar-refractivity contribution is 5.46. The van der Waals surface area contributed by atoms with E-state index in [0.717, 1.165) is 49.4 Å². The highest BCUT2D eigenvalue weighted by Crippen LogP contribution is 2.45. The fraction of sp³-hybridized carbons (Fsp3) is 0.600. The molecule has 1 aliphatic heterocycles. The predicted octanol–water partition coefficient (Wildman–Crippen LogP) is 2.20. The summed E-state index contributed by atoms with van der Waals surface area (Å²) in [6.07, 6.45) is 4.29. The highest BCUT2D eigenvalue weighted by atomic mass is 16.5. The normalized spacial score (nSPS) is 24.8. The average molecular weight is 263 g/mol. The lowest BCUT2D eigenvalue weighted by molar-refractivity contribution is 0.00639. The standard InChI is InChI=1S/C15H21NO3/c1-17-13-5-4-11(15(16)6-7-15)9-14(13)19-12-3-2-8-18-10-12/h4-5,9,12H,2-3,6-8,10,16H2,1H3. The number of rotatable bonds is 4. The molecule has 1 aromatic rings. The van der Waals surface area contributed by atoms with E-state index in [2.05, 4.69) is 0 Å². The fourth-order valence-corrected chi connectivity index (χ4v) is 2.49. The van der Waals surface area contributed by atoms with Crippen molar-refractivity contribution in [1.29, 1.82) is 0 Å². The Bertz CT molecular complexity index is 451. The zero-order valence-corrected chi connectivity index (χ0v) is 11.4. The van der Waals surface area contributed by atoms with E-state index in [0.29, 0.717) is 6.61 Å². The lowest BCUT2D eigenvalue weighted by Gasteiger charge is -2.25. The van der Waals surface area contributed by atoms with Gasteiger partial charge in [0.1, 0.15) is 6.10 Å². The summed E-state index contributed by atoms with van der Waals surface area (Å²) < 4.78 is 16.9. The summed E-state index contributed by atoms with van der Waals surface area (Å²) in [5, 5.41) is 0. The van der Waals surface area contributed by atoms with Gasteiger partial charge in [0.05, 0.1) is 13.7 Å². The van der Waals surface area contributed by atoms with Crippen LogP contribution in [0.15, 0.2) is 18.2 Å². The topological polar surface area (TPSA) is 53.7 Å². The van der Waals surface area contributed by atoms with Gasteiger partial charge in [-0.05, 0) is 43.4 Å². The molecule has 1 saturated heterocycles. The van der Waals surface area contributed by atoms with Crippen molar-refractivity contribution >= 4 is 0 Å². The van der Waals surface area contributed by atoms with Gasteiger partial charge in [0.25, 0.3) is 0 Å². The van der Waals surface area contributed by atoms with Crippen LogP contribution in [0.3, 0.4) is 0 Å². The maximum Gasteiger partial charge on any atom is 0.162 e. The van der Waals surface area contributed by atoms with Gasteiger partial charge in [-0.3, -0.25) is 0 Å². The van der Waals surface area contributed by atoms with E-state index in [-0.39, 0.29) is 11.6 Å². The Hall–Kier alpha value is -1.26. The van der Waals surface area contributed by atoms with Crippen molar-refractivity contribution in [3.8, 4) is 11.5 Å². The lowest BCUT2D eigenvalue weighted by atomic mass is 10.1. The van der Waals surface area contributed by atoms with Crippen LogP contribution in [0.2, 0.25) is 0 Å². The molecule has 2 N–H and O–H groups in total. The van der Waals surface area contributed by atoms with Gasteiger partial charge in [0, 0.05) is 12.1 Å². The molecule has 4 nitrogen and oxygen atoms in total. The summed E-state index contributed by atoms with van der Waals surface area (Å²) >= 11 is 0. The molecule has 0 radical (unpaired) electrons. The van der Waals surface area contributed by atoms with Gasteiger partial charge in [0.2, 0.25) is 0 Å². The van der Waals surface area contributed by atoms with Crippen LogP contribution < -0.4 is 15.2 Å². The number of benzene rings is 1. The van der Waals surface area contributed by atoms with Crippen LogP contribution in [0, 0.1) is 0 Å². The summed E-state index contributed by atoms with van der Waals surface area (Å²) in [5.41, 5.74) is 7.23. The first-order valence-electron chi connectivity index (χ1n) is 6.93. The maximum absolute atomic E-state index is 6.24. The van der Waals surface area contributed by atoms with Gasteiger partial charge < -0.3 is 19.9 Å². The van der Waals surface area contributed by atoms with Crippen molar-refractivity contribution in [3.63, 3.8) is 0 Å². The van der Waals surface area contributed by atoms with E-state index in [4.69, 9.17) is 19.9 Å². The van der Waals surface area contributed by atoms with Crippen molar-refractivity contribution < 1.29 is 14.2 Å². The van der Waals surface area contributed by atoms with Crippen LogP contribution >= 0.6 is 0 Å². The van der Waals surface area contributed by atoms with Gasteiger partial charge >= 0.3 is 0 Å². The van der Waals surface area contributed by atoms with Crippen LogP contribution in [0.5, 0.6) is 11.5 Å². The average Bonchev–Trinajstić information content (AvgIpc) is 3.19. The van der Waals surface area contributed by atoms with Crippen LogP contribution in [0.25, 0.3) is 0 Å². The number of nitrogens with two attached hydrogens (primary N) is 1. The van der Waals surface area contributed by atoms with E-state index in [1.807, 2.05) is 18.2 Å². The molecule has 0 spiro atoms. The minimum absolute atomic E-state index is 0.117. The van der Waals surface area contributed by atoms with E-state index in [1.165, 1.54) is 0 Å². The molecular weight excluding hydrogens is 242 g/mol. The SMILES string of the molecule is COc1ccc(C2(N)CC2)cc1OC1CCCOC1. The third kappa shape index (κ3) is 2.69. The number of hydrogen-bond acceptors (Lipinski definition) is 4. The van der Waals surface area contributed by atoms with Crippen molar-refractivity contribution in [2.75, 3.05) is 20.3 Å². The zero-order valence-electron chi connectivity index (χ0n) is 11.4. The second kappa shape index (κ2) is 5.02. The van der Waals surface area contributed by atoms with Gasteiger partial charge in [0.15, 0.2) is 11.5 Å². The van der Waals surface area contributed by atoms with Crippen LogP contribution in [0.1, 0.15) is 31.2 Å². The van der Waals surface area contributed by atoms with E-state index < -0.39 is 0 Å². The first-order valence-corrected chi connectivity index (χ1v) is 6.93. The smallest absolute Gasteiger partial charge is 0.162 e. The Kier molecular flexibility index (Phi) is 3.37. The van der Waals surface area contributed by atoms with Crippen LogP contribution in [-0.4, -0.2) is 26.4 Å². The minimum atomic E-state index is -0.145. The predicted molar refractivity (Wildman–Crippen MR) is 72.6 cm³/mol. The van der Waals surface area contributed by atoms with Gasteiger partial charge in [-0.15, -0.1) is 0 Å². The van der Waals surface area contributed by atoms with Crippen molar-refractivity contribution in [3.05, 3.63) is 23.8 Å². The molecule has 1 heterocycles. The Morgan fingerprint density at radius 3 is 2.79 bits per heavy atom. The first-order chi connectivity index (χ1) is 9.21. The van der Waals surface area contributed by atoms with E-state index in [9.17, 15) is 0 Å². The summed E-state index contributed by atoms with van der Waals surface area (Å²) in [7, 11) is 1.66. The van der Waals surface area contributed by atoms with Crippen LogP contribution in [-0.2, 0) is 10.3 Å². The van der Waals surface area contributed by atoms with E-state index in [1.54, 1.807) is 7.11 Å². The molecule has 2 aliphatic rings. The molecule has 0 bridgehead atoms. The van der Waals surface area contributed by atoms with Gasteiger partial charge in [-0.1, -0.05) is 6.07 Å². The zero-order chi connectivity index (χ0) is 13.3. The van der Waals surface area contributed by atoms with Gasteiger partial charge in [-0.2, -0.15) is 0 Å². The second-order valence-corrected chi connectivity index (χ2v) is 5.48. The minimum Gasteiger partial charge on any atom is -0.493 e. The first kappa shape index (κ1) is 12.8. The summed E-state index contributed by atoms with van der Waals surface area (Å²) in [6.45, 7) is 1.49. The fourth-order valence-electron chi connectivity index (χ4n) is 2.49. The molecule has 1 aliphatic carbocycles. The largest absolute Gasteiger partial charge is 0.493 e. The molecule has 0 amide bonds. The van der Waals surface area contributed by atoms with Crippen molar-refractivity contribution in [2.24, 2.45) is 5.73 Å². The highest BCUT2D eigenvalue weighted by Gasteiger charge is 2.40. The molecule has 1 atom stereocenters. The van der Waals surface area contributed by atoms with Crippen LogP contribution in [0.4, 0.5) is 0 Å². The molecule has 1 unspecified atom stereocenters. The Morgan fingerprint density at radius 2 is 2.16 bits per heavy atom. The number of hydrogen-bond donors (Lipinski definition) is 1. The molecular formula is C15H21NO3. The molecule has 104 valence electrons. The number of methoxy groups -OCH3 is 1. The lowest BCUT2D eigenvalue weighted by Crippen LogP contribution is -2.28. The summed E-state index contributed by atoms with van der Waals surface area (Å²) in [4.78, 5) is 0. The van der Waals surface area contributed by atoms with Gasteiger partial charge in [-0.25, -0.2) is 0 Å².